The normalized spacial score (nSPS) is 18.6. The summed E-state index contributed by atoms with van der Waals surface area (Å²) in [5.74, 6) is -0.109. The van der Waals surface area contributed by atoms with Crippen LogP contribution >= 0.6 is 11.8 Å². The highest BCUT2D eigenvalue weighted by Gasteiger charge is 2.16. The topological polar surface area (TPSA) is 41.5 Å². The van der Waals surface area contributed by atoms with Crippen molar-refractivity contribution in [2.75, 3.05) is 6.54 Å². The molecule has 0 radical (unpaired) electrons. The highest BCUT2D eigenvalue weighted by Crippen LogP contribution is 2.34. The van der Waals surface area contributed by atoms with Gasteiger partial charge >= 0.3 is 0 Å². The Bertz CT molecular complexity index is 1040. The molecule has 1 heterocycles. The van der Waals surface area contributed by atoms with Gasteiger partial charge in [-0.05, 0) is 55.4 Å². The minimum Gasteiger partial charge on any atom is -0.353 e. The van der Waals surface area contributed by atoms with Crippen LogP contribution in [0.1, 0.15) is 63.5 Å². The summed E-state index contributed by atoms with van der Waals surface area (Å²) in [5, 5.41) is 3.01. The quantitative estimate of drug-likeness (QED) is 0.492. The zero-order chi connectivity index (χ0) is 23.6. The Balaban J connectivity index is 0.000000218. The number of hydrogen-bond donors (Lipinski definition) is 1. The van der Waals surface area contributed by atoms with Gasteiger partial charge in [-0.2, -0.15) is 0 Å². The molecule has 33 heavy (non-hydrogen) atoms. The molecule has 0 bridgehead atoms. The summed E-state index contributed by atoms with van der Waals surface area (Å²) in [6.07, 6.45) is 8.27. The molecule has 1 aliphatic heterocycles. The number of benzene rings is 2. The van der Waals surface area contributed by atoms with Gasteiger partial charge in [-0.25, -0.2) is 4.39 Å². The van der Waals surface area contributed by atoms with Crippen molar-refractivity contribution in [1.82, 2.24) is 5.32 Å². The lowest BCUT2D eigenvalue weighted by molar-refractivity contribution is -0.121. The number of thioether (sulfide) groups is 1. The van der Waals surface area contributed by atoms with E-state index < -0.39 is 0 Å². The molecule has 3 nitrogen and oxygen atoms in total. The van der Waals surface area contributed by atoms with Crippen LogP contribution < -0.4 is 5.32 Å². The Hall–Kier alpha value is -2.66. The van der Waals surface area contributed by atoms with Crippen LogP contribution in [0.2, 0.25) is 0 Å². The number of nitrogens with zero attached hydrogens (tertiary/aromatic N) is 1. The van der Waals surface area contributed by atoms with Crippen LogP contribution in [0.15, 0.2) is 81.6 Å². The lowest BCUT2D eigenvalue weighted by Crippen LogP contribution is -2.35. The zero-order valence-electron chi connectivity index (χ0n) is 19.6. The molecule has 0 spiro atoms. The summed E-state index contributed by atoms with van der Waals surface area (Å²) >= 11 is 1.76. The molecule has 1 aliphatic carbocycles. The van der Waals surface area contributed by atoms with E-state index >= 15 is 0 Å². The lowest BCUT2D eigenvalue weighted by atomic mass is 9.95. The number of rotatable bonds is 4. The van der Waals surface area contributed by atoms with E-state index in [1.165, 1.54) is 35.8 Å². The van der Waals surface area contributed by atoms with E-state index in [1.807, 2.05) is 18.2 Å². The van der Waals surface area contributed by atoms with Crippen molar-refractivity contribution in [3.05, 3.63) is 88.6 Å². The average molecular weight is 465 g/mol. The maximum absolute atomic E-state index is 13.5. The second-order valence-electron chi connectivity index (χ2n) is 8.51. The first-order chi connectivity index (χ1) is 16.0. The Labute approximate surface area is 201 Å². The molecule has 0 unspecified atom stereocenters. The van der Waals surface area contributed by atoms with Gasteiger partial charge in [-0.15, -0.1) is 6.58 Å². The minimum atomic E-state index is -0.231. The number of allylic oxidation sites excluding steroid dienone is 1. The molecule has 4 rings (SSSR count). The fourth-order valence-corrected chi connectivity index (χ4v) is 4.93. The van der Waals surface area contributed by atoms with Crippen molar-refractivity contribution in [3.8, 4) is 0 Å². The molecule has 0 saturated heterocycles. The molecule has 1 fully saturated rings. The van der Waals surface area contributed by atoms with E-state index in [0.29, 0.717) is 19.0 Å². The third-order valence-corrected chi connectivity index (χ3v) is 7.11. The van der Waals surface area contributed by atoms with E-state index in [-0.39, 0.29) is 11.7 Å². The van der Waals surface area contributed by atoms with E-state index in [2.05, 4.69) is 37.9 Å². The first kappa shape index (κ1) is 25.0. The number of aliphatic imine (C=N–C) groups is 1. The van der Waals surface area contributed by atoms with Crippen molar-refractivity contribution in [3.63, 3.8) is 0 Å². The van der Waals surface area contributed by atoms with Crippen molar-refractivity contribution in [2.24, 2.45) is 4.99 Å². The van der Waals surface area contributed by atoms with Crippen LogP contribution in [0.25, 0.3) is 0 Å². The molecule has 2 aliphatic rings. The Morgan fingerprint density at radius 2 is 1.91 bits per heavy atom. The Morgan fingerprint density at radius 3 is 2.64 bits per heavy atom. The van der Waals surface area contributed by atoms with Crippen LogP contribution in [0, 0.1) is 5.82 Å². The van der Waals surface area contributed by atoms with Crippen LogP contribution in [-0.2, 0) is 4.79 Å². The van der Waals surface area contributed by atoms with E-state index in [4.69, 9.17) is 4.99 Å². The van der Waals surface area contributed by atoms with Gasteiger partial charge < -0.3 is 5.32 Å². The lowest BCUT2D eigenvalue weighted by Gasteiger charge is -2.22. The molecule has 2 aromatic carbocycles. The Morgan fingerprint density at radius 1 is 1.15 bits per heavy atom. The number of amides is 1. The fraction of sp³-hybridized carbons (Fsp3) is 0.357. The maximum atomic E-state index is 13.5. The molecular weight excluding hydrogens is 431 g/mol. The summed E-state index contributed by atoms with van der Waals surface area (Å²) in [6.45, 7) is 8.41. The summed E-state index contributed by atoms with van der Waals surface area (Å²) in [7, 11) is 0. The number of halogens is 1. The number of nitrogens with one attached hydrogen (secondary N) is 1. The second-order valence-corrected chi connectivity index (χ2v) is 9.76. The van der Waals surface area contributed by atoms with Crippen LogP contribution in [-0.4, -0.2) is 24.2 Å². The van der Waals surface area contributed by atoms with Crippen LogP contribution in [0.5, 0.6) is 0 Å². The van der Waals surface area contributed by atoms with Gasteiger partial charge in [0, 0.05) is 28.5 Å². The summed E-state index contributed by atoms with van der Waals surface area (Å²) in [4.78, 5) is 18.3. The maximum Gasteiger partial charge on any atom is 0.224 e. The second kappa shape index (κ2) is 12.5. The third kappa shape index (κ3) is 7.43. The molecule has 1 saturated carbocycles. The average Bonchev–Trinajstić information content (AvgIpc) is 2.80. The molecule has 1 N–H and O–H groups in total. The van der Waals surface area contributed by atoms with Crippen molar-refractivity contribution in [1.29, 1.82) is 0 Å². The van der Waals surface area contributed by atoms with Gasteiger partial charge in [0.15, 0.2) is 0 Å². The highest BCUT2D eigenvalue weighted by molar-refractivity contribution is 8.03. The summed E-state index contributed by atoms with van der Waals surface area (Å²) in [6, 6.07) is 15.3. The Kier molecular flexibility index (Phi) is 9.49. The van der Waals surface area contributed by atoms with Gasteiger partial charge in [0.1, 0.15) is 5.82 Å². The zero-order valence-corrected chi connectivity index (χ0v) is 20.4. The van der Waals surface area contributed by atoms with E-state index in [9.17, 15) is 9.18 Å². The predicted molar refractivity (Wildman–Crippen MR) is 137 cm³/mol. The number of carbonyl (C=O) groups is 1. The van der Waals surface area contributed by atoms with Crippen molar-refractivity contribution < 1.29 is 9.18 Å². The summed E-state index contributed by atoms with van der Waals surface area (Å²) in [5.41, 5.74) is 4.02. The number of carbonyl (C=O) groups excluding carboxylic acids is 1. The molecular formula is C28H33FN2OS. The fourth-order valence-electron chi connectivity index (χ4n) is 3.94. The number of hydrogen-bond acceptors (Lipinski definition) is 3. The first-order valence-corrected chi connectivity index (χ1v) is 12.4. The molecule has 0 aromatic heterocycles. The number of fused-ring (bicyclic) bond motifs is 1. The van der Waals surface area contributed by atoms with Gasteiger partial charge in [0.05, 0.1) is 12.3 Å². The van der Waals surface area contributed by atoms with Crippen molar-refractivity contribution in [2.45, 2.75) is 63.3 Å². The summed E-state index contributed by atoms with van der Waals surface area (Å²) < 4.78 is 13.5. The molecule has 1 amide bonds. The monoisotopic (exact) mass is 464 g/mol. The molecule has 174 valence electrons. The predicted octanol–water partition coefficient (Wildman–Crippen LogP) is 7.07. The highest BCUT2D eigenvalue weighted by atomic mass is 32.2. The molecule has 5 heteroatoms. The molecule has 2 aromatic rings. The van der Waals surface area contributed by atoms with Gasteiger partial charge in [0.2, 0.25) is 5.91 Å². The standard InChI is InChI=1S/C18H16FNS.C10H17NO/c1-12-11-20-18(14-6-5-7-15(19)10-14)16-8-3-4-9-17(16)21-13(12)2;1-2-6-10(12)11-9-7-4-3-5-8-9/h3-10H,11H2,1-2H3;2,9H,1,3-8H2,(H,11,12)/b13-12-,20-18?;. The van der Waals surface area contributed by atoms with Gasteiger partial charge in [0.25, 0.3) is 0 Å². The van der Waals surface area contributed by atoms with Crippen LogP contribution in [0.3, 0.4) is 0 Å². The van der Waals surface area contributed by atoms with Crippen molar-refractivity contribution >= 4 is 23.4 Å². The van der Waals surface area contributed by atoms with E-state index in [0.717, 1.165) is 34.6 Å². The van der Waals surface area contributed by atoms with Gasteiger partial charge in [-0.1, -0.05) is 67.4 Å². The van der Waals surface area contributed by atoms with Gasteiger partial charge in [-0.3, -0.25) is 9.79 Å². The smallest absolute Gasteiger partial charge is 0.224 e. The largest absolute Gasteiger partial charge is 0.353 e. The van der Waals surface area contributed by atoms with Crippen LogP contribution in [0.4, 0.5) is 4.39 Å². The first-order valence-electron chi connectivity index (χ1n) is 11.6. The molecule has 0 atom stereocenters. The minimum absolute atomic E-state index is 0.122. The third-order valence-electron chi connectivity index (χ3n) is 5.88. The SMILES string of the molecule is C/C1=C(\C)Sc2ccccc2C(c2cccc(F)c2)=NC1.C=CCC(=O)NC1CCCCC1. The van der Waals surface area contributed by atoms with E-state index in [1.54, 1.807) is 30.0 Å².